The molecule has 0 aliphatic carbocycles. The van der Waals surface area contributed by atoms with Crippen molar-refractivity contribution >= 4 is 39.5 Å². The Morgan fingerprint density at radius 1 is 0.848 bits per heavy atom. The highest BCUT2D eigenvalue weighted by Crippen LogP contribution is 2.38. The lowest BCUT2D eigenvalue weighted by Crippen LogP contribution is -2.03. The predicted octanol–water partition coefficient (Wildman–Crippen LogP) is 5.51. The summed E-state index contributed by atoms with van der Waals surface area (Å²) in [6.45, 7) is 0.643. The summed E-state index contributed by atoms with van der Waals surface area (Å²) in [6, 6.07) is 13.7. The number of thiophene rings is 1. The van der Waals surface area contributed by atoms with Gasteiger partial charge in [-0.15, -0.1) is 11.3 Å². The molecule has 0 bridgehead atoms. The Balaban J connectivity index is 1.60. The molecular formula is C25H25N3O4S. The third kappa shape index (κ3) is 5.01. The number of fused-ring (bicyclic) bond motifs is 1. The van der Waals surface area contributed by atoms with Crippen LogP contribution in [-0.2, 0) is 6.54 Å². The maximum Gasteiger partial charge on any atom is 0.203 e. The standard InChI is InChI=1S/C25H25N3O4S/c1-29-18-8-5-16(6-9-18)15-26-25-24-19(11-12-33-24)27-22(28-25)10-7-17-13-20(30-2)23(32-4)21(14-17)31-3/h5-14H,15H2,1-4H3,(H,26,27,28)/b10-7+. The zero-order chi connectivity index (χ0) is 23.2. The normalized spacial score (nSPS) is 11.0. The van der Waals surface area contributed by atoms with Gasteiger partial charge in [-0.1, -0.05) is 18.2 Å². The van der Waals surface area contributed by atoms with Crippen molar-refractivity contribution in [3.8, 4) is 23.0 Å². The van der Waals surface area contributed by atoms with Gasteiger partial charge in [-0.25, -0.2) is 9.97 Å². The number of benzene rings is 2. The molecule has 33 heavy (non-hydrogen) atoms. The average molecular weight is 464 g/mol. The van der Waals surface area contributed by atoms with Gasteiger partial charge >= 0.3 is 0 Å². The Morgan fingerprint density at radius 2 is 1.58 bits per heavy atom. The summed E-state index contributed by atoms with van der Waals surface area (Å²) in [7, 11) is 6.44. The molecule has 4 aromatic rings. The van der Waals surface area contributed by atoms with E-state index < -0.39 is 0 Å². The highest BCUT2D eigenvalue weighted by molar-refractivity contribution is 7.17. The van der Waals surface area contributed by atoms with Gasteiger partial charge in [-0.05, 0) is 52.9 Å². The van der Waals surface area contributed by atoms with Crippen LogP contribution in [0.15, 0.2) is 47.8 Å². The maximum atomic E-state index is 5.44. The lowest BCUT2D eigenvalue weighted by Gasteiger charge is -2.12. The monoisotopic (exact) mass is 463 g/mol. The Labute approximate surface area is 196 Å². The average Bonchev–Trinajstić information content (AvgIpc) is 3.34. The molecule has 2 heterocycles. The van der Waals surface area contributed by atoms with Gasteiger partial charge in [0.05, 0.1) is 38.7 Å². The number of nitrogens with zero attached hydrogens (tertiary/aromatic N) is 2. The van der Waals surface area contributed by atoms with Crippen molar-refractivity contribution in [2.24, 2.45) is 0 Å². The zero-order valence-corrected chi connectivity index (χ0v) is 19.7. The lowest BCUT2D eigenvalue weighted by atomic mass is 10.1. The smallest absolute Gasteiger partial charge is 0.203 e. The van der Waals surface area contributed by atoms with E-state index in [1.54, 1.807) is 39.8 Å². The third-order valence-electron chi connectivity index (χ3n) is 5.05. The van der Waals surface area contributed by atoms with Crippen LogP contribution in [0.3, 0.4) is 0 Å². The van der Waals surface area contributed by atoms with Crippen LogP contribution in [-0.4, -0.2) is 38.4 Å². The Kier molecular flexibility index (Phi) is 6.95. The van der Waals surface area contributed by atoms with E-state index in [4.69, 9.17) is 23.9 Å². The minimum atomic E-state index is 0.554. The van der Waals surface area contributed by atoms with Crippen molar-refractivity contribution in [3.05, 3.63) is 64.8 Å². The van der Waals surface area contributed by atoms with Crippen LogP contribution in [0.1, 0.15) is 17.0 Å². The number of anilines is 1. The summed E-state index contributed by atoms with van der Waals surface area (Å²) in [6.07, 6.45) is 3.79. The molecule has 7 nitrogen and oxygen atoms in total. The second-order valence-corrected chi connectivity index (χ2v) is 7.98. The van der Waals surface area contributed by atoms with Crippen LogP contribution in [0.5, 0.6) is 23.0 Å². The summed E-state index contributed by atoms with van der Waals surface area (Å²) in [5, 5.41) is 5.46. The first-order valence-electron chi connectivity index (χ1n) is 10.2. The Bertz CT molecular complexity index is 1240. The molecule has 0 radical (unpaired) electrons. The zero-order valence-electron chi connectivity index (χ0n) is 18.9. The van der Waals surface area contributed by atoms with Crippen molar-refractivity contribution in [3.63, 3.8) is 0 Å². The highest BCUT2D eigenvalue weighted by Gasteiger charge is 2.12. The van der Waals surface area contributed by atoms with E-state index in [0.717, 1.165) is 32.9 Å². The van der Waals surface area contributed by atoms with Crippen LogP contribution < -0.4 is 24.3 Å². The fourth-order valence-corrected chi connectivity index (χ4v) is 4.17. The second-order valence-electron chi connectivity index (χ2n) is 7.06. The summed E-state index contributed by atoms with van der Waals surface area (Å²) in [4.78, 5) is 9.42. The number of hydrogen-bond acceptors (Lipinski definition) is 8. The first kappa shape index (κ1) is 22.4. The molecule has 2 aromatic carbocycles. The van der Waals surface area contributed by atoms with Crippen molar-refractivity contribution in [1.82, 2.24) is 9.97 Å². The van der Waals surface area contributed by atoms with Gasteiger partial charge in [0.25, 0.3) is 0 Å². The molecule has 0 fully saturated rings. The van der Waals surface area contributed by atoms with E-state index in [9.17, 15) is 0 Å². The highest BCUT2D eigenvalue weighted by atomic mass is 32.1. The van der Waals surface area contributed by atoms with E-state index in [2.05, 4.69) is 10.3 Å². The molecule has 0 aliphatic heterocycles. The molecule has 2 aromatic heterocycles. The maximum absolute atomic E-state index is 5.44. The van der Waals surface area contributed by atoms with Crippen LogP contribution in [0.4, 0.5) is 5.82 Å². The van der Waals surface area contributed by atoms with Crippen molar-refractivity contribution in [2.75, 3.05) is 33.8 Å². The Morgan fingerprint density at radius 3 is 2.21 bits per heavy atom. The summed E-state index contributed by atoms with van der Waals surface area (Å²) in [5.41, 5.74) is 2.91. The van der Waals surface area contributed by atoms with E-state index in [0.29, 0.717) is 29.6 Å². The fraction of sp³-hybridized carbons (Fsp3) is 0.200. The van der Waals surface area contributed by atoms with Crippen molar-refractivity contribution < 1.29 is 18.9 Å². The second kappa shape index (κ2) is 10.2. The molecule has 8 heteroatoms. The van der Waals surface area contributed by atoms with Gasteiger partial charge in [0.2, 0.25) is 5.75 Å². The molecule has 1 N–H and O–H groups in total. The van der Waals surface area contributed by atoms with Crippen molar-refractivity contribution in [2.45, 2.75) is 6.54 Å². The predicted molar refractivity (Wildman–Crippen MR) is 133 cm³/mol. The van der Waals surface area contributed by atoms with Gasteiger partial charge in [-0.3, -0.25) is 0 Å². The molecule has 0 atom stereocenters. The molecule has 0 saturated carbocycles. The molecular weight excluding hydrogens is 438 g/mol. The summed E-state index contributed by atoms with van der Waals surface area (Å²) in [5.74, 6) is 3.97. The van der Waals surface area contributed by atoms with E-state index >= 15 is 0 Å². The number of nitrogens with one attached hydrogen (secondary N) is 1. The summed E-state index contributed by atoms with van der Waals surface area (Å²) >= 11 is 1.61. The van der Waals surface area contributed by atoms with E-state index in [1.807, 2.05) is 60.0 Å². The molecule has 0 unspecified atom stereocenters. The molecule has 4 rings (SSSR count). The van der Waals surface area contributed by atoms with Gasteiger partial charge in [-0.2, -0.15) is 0 Å². The minimum absolute atomic E-state index is 0.554. The van der Waals surface area contributed by atoms with E-state index in [-0.39, 0.29) is 0 Å². The Hall–Kier alpha value is -3.78. The number of ether oxygens (including phenoxy) is 4. The summed E-state index contributed by atoms with van der Waals surface area (Å²) < 4.78 is 22.5. The SMILES string of the molecule is COc1ccc(CNc2nc(/C=C/c3cc(OC)c(OC)c(OC)c3)nc3ccsc23)cc1. The van der Waals surface area contributed by atoms with Gasteiger partial charge < -0.3 is 24.3 Å². The molecule has 0 aliphatic rings. The molecule has 0 saturated heterocycles. The quantitative estimate of drug-likeness (QED) is 0.351. The van der Waals surface area contributed by atoms with Gasteiger partial charge in [0.1, 0.15) is 11.6 Å². The first-order valence-corrected chi connectivity index (χ1v) is 11.1. The number of rotatable bonds is 9. The van der Waals surface area contributed by atoms with Crippen LogP contribution in [0.2, 0.25) is 0 Å². The van der Waals surface area contributed by atoms with Gasteiger partial charge in [0.15, 0.2) is 17.3 Å². The van der Waals surface area contributed by atoms with Crippen molar-refractivity contribution in [1.29, 1.82) is 0 Å². The molecule has 0 amide bonds. The fourth-order valence-electron chi connectivity index (χ4n) is 3.37. The minimum Gasteiger partial charge on any atom is -0.497 e. The number of methoxy groups -OCH3 is 4. The molecule has 170 valence electrons. The molecule has 0 spiro atoms. The number of hydrogen-bond donors (Lipinski definition) is 1. The van der Waals surface area contributed by atoms with Gasteiger partial charge in [0, 0.05) is 6.54 Å². The van der Waals surface area contributed by atoms with E-state index in [1.165, 1.54) is 0 Å². The first-order chi connectivity index (χ1) is 16.1. The van der Waals surface area contributed by atoms with Crippen LogP contribution >= 0.6 is 11.3 Å². The van der Waals surface area contributed by atoms with Crippen LogP contribution in [0.25, 0.3) is 22.4 Å². The van der Waals surface area contributed by atoms with Crippen LogP contribution in [0, 0.1) is 0 Å². The number of aromatic nitrogens is 2. The topological polar surface area (TPSA) is 74.7 Å². The lowest BCUT2D eigenvalue weighted by molar-refractivity contribution is 0.324. The largest absolute Gasteiger partial charge is 0.497 e. The third-order valence-corrected chi connectivity index (χ3v) is 5.96.